The van der Waals surface area contributed by atoms with Gasteiger partial charge in [0.25, 0.3) is 0 Å². The third kappa shape index (κ3) is 1.81. The number of benzene rings is 1. The van der Waals surface area contributed by atoms with Gasteiger partial charge in [0.15, 0.2) is 0 Å². The van der Waals surface area contributed by atoms with Crippen molar-refractivity contribution in [2.75, 3.05) is 13.2 Å². The van der Waals surface area contributed by atoms with Gasteiger partial charge in [-0.15, -0.1) is 0 Å². The van der Waals surface area contributed by atoms with Crippen molar-refractivity contribution in [3.63, 3.8) is 0 Å². The van der Waals surface area contributed by atoms with Gasteiger partial charge in [0.05, 0.1) is 0 Å². The third-order valence-corrected chi connectivity index (χ3v) is 3.01. The van der Waals surface area contributed by atoms with Gasteiger partial charge in [-0.1, -0.05) is 29.8 Å². The Morgan fingerprint density at radius 2 is 1.71 bits per heavy atom. The minimum Gasteiger partial charge on any atom is -0.381 e. The second-order valence-electron chi connectivity index (χ2n) is 4.13. The SMILES string of the molecule is Cc1ccc(C2(N)CCOCC2)cc1. The van der Waals surface area contributed by atoms with E-state index in [0.717, 1.165) is 26.1 Å². The fraction of sp³-hybridized carbons (Fsp3) is 0.500. The molecule has 0 amide bonds. The molecule has 14 heavy (non-hydrogen) atoms. The maximum atomic E-state index is 6.35. The summed E-state index contributed by atoms with van der Waals surface area (Å²) in [4.78, 5) is 0. The number of hydrogen-bond acceptors (Lipinski definition) is 2. The van der Waals surface area contributed by atoms with Crippen LogP contribution in [0.25, 0.3) is 0 Å². The van der Waals surface area contributed by atoms with E-state index in [0.29, 0.717) is 0 Å². The first-order valence-corrected chi connectivity index (χ1v) is 5.14. The van der Waals surface area contributed by atoms with E-state index in [-0.39, 0.29) is 5.54 Å². The van der Waals surface area contributed by atoms with Gasteiger partial charge in [-0.2, -0.15) is 0 Å². The zero-order valence-electron chi connectivity index (χ0n) is 8.62. The molecular weight excluding hydrogens is 174 g/mol. The quantitative estimate of drug-likeness (QED) is 0.736. The van der Waals surface area contributed by atoms with Crippen LogP contribution >= 0.6 is 0 Å². The topological polar surface area (TPSA) is 35.2 Å². The summed E-state index contributed by atoms with van der Waals surface area (Å²) in [6.07, 6.45) is 1.85. The first-order valence-electron chi connectivity index (χ1n) is 5.14. The first kappa shape index (κ1) is 9.69. The molecule has 1 aromatic carbocycles. The van der Waals surface area contributed by atoms with E-state index in [1.54, 1.807) is 0 Å². The molecule has 0 bridgehead atoms. The molecule has 1 aromatic rings. The molecule has 2 rings (SSSR count). The highest BCUT2D eigenvalue weighted by atomic mass is 16.5. The van der Waals surface area contributed by atoms with Crippen LogP contribution in [0, 0.1) is 6.92 Å². The van der Waals surface area contributed by atoms with Crippen molar-refractivity contribution in [1.82, 2.24) is 0 Å². The molecule has 0 atom stereocenters. The lowest BCUT2D eigenvalue weighted by Crippen LogP contribution is -2.42. The van der Waals surface area contributed by atoms with E-state index in [1.165, 1.54) is 11.1 Å². The summed E-state index contributed by atoms with van der Waals surface area (Å²) < 4.78 is 5.33. The lowest BCUT2D eigenvalue weighted by molar-refractivity contribution is 0.0522. The fourth-order valence-corrected chi connectivity index (χ4v) is 1.91. The van der Waals surface area contributed by atoms with Crippen LogP contribution in [0.5, 0.6) is 0 Å². The van der Waals surface area contributed by atoms with Crippen LogP contribution in [-0.4, -0.2) is 13.2 Å². The van der Waals surface area contributed by atoms with Crippen LogP contribution in [-0.2, 0) is 10.3 Å². The average molecular weight is 191 g/mol. The van der Waals surface area contributed by atoms with Crippen LogP contribution < -0.4 is 5.73 Å². The summed E-state index contributed by atoms with van der Waals surface area (Å²) in [7, 11) is 0. The van der Waals surface area contributed by atoms with Crippen LogP contribution in [0.1, 0.15) is 24.0 Å². The lowest BCUT2D eigenvalue weighted by atomic mass is 9.83. The van der Waals surface area contributed by atoms with Gasteiger partial charge in [0.2, 0.25) is 0 Å². The highest BCUT2D eigenvalue weighted by Gasteiger charge is 2.29. The largest absolute Gasteiger partial charge is 0.381 e. The van der Waals surface area contributed by atoms with E-state index >= 15 is 0 Å². The van der Waals surface area contributed by atoms with E-state index in [9.17, 15) is 0 Å². The Labute approximate surface area is 85.1 Å². The van der Waals surface area contributed by atoms with Gasteiger partial charge in [0, 0.05) is 18.8 Å². The Kier molecular flexibility index (Phi) is 2.57. The van der Waals surface area contributed by atoms with Gasteiger partial charge in [-0.25, -0.2) is 0 Å². The van der Waals surface area contributed by atoms with Gasteiger partial charge < -0.3 is 10.5 Å². The lowest BCUT2D eigenvalue weighted by Gasteiger charge is -2.33. The number of hydrogen-bond donors (Lipinski definition) is 1. The first-order chi connectivity index (χ1) is 6.71. The molecule has 2 heteroatoms. The number of nitrogens with two attached hydrogens (primary N) is 1. The summed E-state index contributed by atoms with van der Waals surface area (Å²) in [6.45, 7) is 3.66. The van der Waals surface area contributed by atoms with Crippen LogP contribution in [0.4, 0.5) is 0 Å². The normalized spacial score (nSPS) is 20.7. The van der Waals surface area contributed by atoms with Crippen molar-refractivity contribution in [3.05, 3.63) is 35.4 Å². The highest BCUT2D eigenvalue weighted by molar-refractivity contribution is 5.28. The van der Waals surface area contributed by atoms with Crippen molar-refractivity contribution in [1.29, 1.82) is 0 Å². The third-order valence-electron chi connectivity index (χ3n) is 3.01. The summed E-state index contributed by atoms with van der Waals surface area (Å²) in [5.41, 5.74) is 8.71. The Morgan fingerprint density at radius 3 is 2.29 bits per heavy atom. The standard InChI is InChI=1S/C12H17NO/c1-10-2-4-11(5-3-10)12(13)6-8-14-9-7-12/h2-5H,6-9,13H2,1H3. The second-order valence-corrected chi connectivity index (χ2v) is 4.13. The molecule has 1 aliphatic heterocycles. The molecule has 1 heterocycles. The van der Waals surface area contributed by atoms with Crippen molar-refractivity contribution < 1.29 is 4.74 Å². The summed E-state index contributed by atoms with van der Waals surface area (Å²) in [6, 6.07) is 8.53. The monoisotopic (exact) mass is 191 g/mol. The van der Waals surface area contributed by atoms with Gasteiger partial charge in [-0.3, -0.25) is 0 Å². The molecule has 1 saturated heterocycles. The molecule has 1 aliphatic rings. The molecule has 2 N–H and O–H groups in total. The average Bonchev–Trinajstić information content (AvgIpc) is 2.19. The van der Waals surface area contributed by atoms with E-state index in [1.807, 2.05) is 0 Å². The predicted octanol–water partition coefficient (Wildman–Crippen LogP) is 1.96. The Morgan fingerprint density at radius 1 is 1.14 bits per heavy atom. The van der Waals surface area contributed by atoms with Gasteiger partial charge in [-0.05, 0) is 25.3 Å². The van der Waals surface area contributed by atoms with Gasteiger partial charge >= 0.3 is 0 Å². The second kappa shape index (κ2) is 3.71. The molecule has 0 aromatic heterocycles. The molecule has 0 spiro atoms. The van der Waals surface area contributed by atoms with Crippen molar-refractivity contribution in [3.8, 4) is 0 Å². The highest BCUT2D eigenvalue weighted by Crippen LogP contribution is 2.29. The molecule has 0 aliphatic carbocycles. The van der Waals surface area contributed by atoms with Crippen molar-refractivity contribution >= 4 is 0 Å². The zero-order valence-corrected chi connectivity index (χ0v) is 8.62. The Hall–Kier alpha value is -0.860. The van der Waals surface area contributed by atoms with Crippen LogP contribution in [0.2, 0.25) is 0 Å². The Bertz CT molecular complexity index is 299. The summed E-state index contributed by atoms with van der Waals surface area (Å²) >= 11 is 0. The van der Waals surface area contributed by atoms with Crippen molar-refractivity contribution in [2.24, 2.45) is 5.73 Å². The summed E-state index contributed by atoms with van der Waals surface area (Å²) in [5, 5.41) is 0. The molecule has 1 fully saturated rings. The van der Waals surface area contributed by atoms with E-state index < -0.39 is 0 Å². The van der Waals surface area contributed by atoms with E-state index in [4.69, 9.17) is 10.5 Å². The summed E-state index contributed by atoms with van der Waals surface area (Å²) in [5.74, 6) is 0. The van der Waals surface area contributed by atoms with Gasteiger partial charge in [0.1, 0.15) is 0 Å². The van der Waals surface area contributed by atoms with Crippen LogP contribution in [0.15, 0.2) is 24.3 Å². The molecule has 0 saturated carbocycles. The van der Waals surface area contributed by atoms with Crippen LogP contribution in [0.3, 0.4) is 0 Å². The molecule has 0 radical (unpaired) electrons. The fourth-order valence-electron chi connectivity index (χ4n) is 1.91. The smallest absolute Gasteiger partial charge is 0.0486 e. The van der Waals surface area contributed by atoms with E-state index in [2.05, 4.69) is 31.2 Å². The minimum absolute atomic E-state index is 0.161. The maximum Gasteiger partial charge on any atom is 0.0486 e. The number of ether oxygens (including phenoxy) is 1. The van der Waals surface area contributed by atoms with Crippen molar-refractivity contribution in [2.45, 2.75) is 25.3 Å². The number of rotatable bonds is 1. The minimum atomic E-state index is -0.161. The molecular formula is C12H17NO. The zero-order chi connectivity index (χ0) is 10.0. The Balaban J connectivity index is 2.23. The molecule has 2 nitrogen and oxygen atoms in total. The maximum absolute atomic E-state index is 6.35. The molecule has 0 unspecified atom stereocenters. The molecule has 76 valence electrons. The predicted molar refractivity (Wildman–Crippen MR) is 57.1 cm³/mol. The number of aryl methyl sites for hydroxylation is 1.